The molecule has 1 aromatic heterocycles. The Morgan fingerprint density at radius 2 is 1.79 bits per heavy atom. The quantitative estimate of drug-likeness (QED) is 0.391. The molecule has 3 rings (SSSR count). The molecule has 24 heavy (non-hydrogen) atoms. The van der Waals surface area contributed by atoms with Crippen molar-refractivity contribution in [2.45, 2.75) is 30.5 Å². The molecule has 1 aliphatic rings. The average Bonchev–Trinajstić information content (AvgIpc) is 2.54. The van der Waals surface area contributed by atoms with Crippen LogP contribution in [0.3, 0.4) is 0 Å². The summed E-state index contributed by atoms with van der Waals surface area (Å²) in [5.41, 5.74) is -1.01. The normalized spacial score (nSPS) is 30.6. The third kappa shape index (κ3) is 2.43. The number of aromatic hydroxyl groups is 2. The lowest BCUT2D eigenvalue weighted by molar-refractivity contribution is -0.232. The van der Waals surface area contributed by atoms with Crippen LogP contribution in [0.25, 0.3) is 11.0 Å². The van der Waals surface area contributed by atoms with Crippen LogP contribution in [-0.2, 0) is 4.74 Å². The number of aliphatic hydroxyl groups excluding tert-OH is 4. The summed E-state index contributed by atoms with van der Waals surface area (Å²) in [6, 6.07) is 2.13. The summed E-state index contributed by atoms with van der Waals surface area (Å²) in [5, 5.41) is 59.3. The predicted molar refractivity (Wildman–Crippen MR) is 78.5 cm³/mol. The first-order valence-corrected chi connectivity index (χ1v) is 7.13. The highest BCUT2D eigenvalue weighted by molar-refractivity contribution is 5.86. The summed E-state index contributed by atoms with van der Waals surface area (Å²) >= 11 is 0. The van der Waals surface area contributed by atoms with Crippen LogP contribution in [0.4, 0.5) is 0 Å². The molecule has 5 atom stereocenters. The summed E-state index contributed by atoms with van der Waals surface area (Å²) in [5.74, 6) is -1.22. The minimum Gasteiger partial charge on any atom is -0.507 e. The van der Waals surface area contributed by atoms with E-state index in [4.69, 9.17) is 9.15 Å². The number of phenolic OH excluding ortho intramolecular Hbond substituents is 2. The summed E-state index contributed by atoms with van der Waals surface area (Å²) in [6.45, 7) is -0.668. The molecule has 1 aliphatic heterocycles. The predicted octanol–water partition coefficient (Wildman–Crippen LogP) is -1.28. The summed E-state index contributed by atoms with van der Waals surface area (Å²) < 4.78 is 10.4. The van der Waals surface area contributed by atoms with Gasteiger partial charge in [-0.2, -0.15) is 0 Å². The fourth-order valence-corrected chi connectivity index (χ4v) is 2.85. The first-order chi connectivity index (χ1) is 11.4. The molecule has 0 saturated carbocycles. The molecule has 0 radical (unpaired) electrons. The minimum atomic E-state index is -1.71. The van der Waals surface area contributed by atoms with Crippen LogP contribution in [0.1, 0.15) is 11.7 Å². The average molecular weight is 340 g/mol. The molecule has 9 nitrogen and oxygen atoms in total. The van der Waals surface area contributed by atoms with Gasteiger partial charge in [0.05, 0.1) is 18.4 Å². The van der Waals surface area contributed by atoms with Crippen molar-refractivity contribution in [2.75, 3.05) is 6.61 Å². The lowest BCUT2D eigenvalue weighted by Crippen LogP contribution is -2.55. The SMILES string of the molecule is O=c1ccoc2cc(O)c([C@@H]3O[C@@H](CO)[C@@H](O)[C@@H](O)[C@@H]3O)c(O)c12. The third-order valence-corrected chi connectivity index (χ3v) is 4.12. The summed E-state index contributed by atoms with van der Waals surface area (Å²) in [6.07, 6.45) is -6.61. The number of hydrogen-bond acceptors (Lipinski definition) is 9. The third-order valence-electron chi connectivity index (χ3n) is 4.12. The van der Waals surface area contributed by atoms with Gasteiger partial charge in [-0.05, 0) is 0 Å². The van der Waals surface area contributed by atoms with Crippen LogP contribution in [-0.4, -0.2) is 61.7 Å². The van der Waals surface area contributed by atoms with E-state index in [2.05, 4.69) is 0 Å². The molecule has 1 fully saturated rings. The van der Waals surface area contributed by atoms with Crippen molar-refractivity contribution in [3.05, 3.63) is 34.2 Å². The van der Waals surface area contributed by atoms with Crippen LogP contribution < -0.4 is 5.43 Å². The molecule has 0 aliphatic carbocycles. The van der Waals surface area contributed by atoms with E-state index in [1.807, 2.05) is 0 Å². The van der Waals surface area contributed by atoms with Crippen molar-refractivity contribution < 1.29 is 39.8 Å². The molecule has 6 N–H and O–H groups in total. The van der Waals surface area contributed by atoms with Crippen molar-refractivity contribution in [1.29, 1.82) is 0 Å². The van der Waals surface area contributed by atoms with Gasteiger partial charge in [0.25, 0.3) is 0 Å². The Hall–Kier alpha value is -2.17. The summed E-state index contributed by atoms with van der Waals surface area (Å²) in [7, 11) is 0. The van der Waals surface area contributed by atoms with Gasteiger partial charge in [-0.1, -0.05) is 0 Å². The Labute approximate surface area is 134 Å². The van der Waals surface area contributed by atoms with E-state index in [0.29, 0.717) is 0 Å². The number of benzene rings is 1. The van der Waals surface area contributed by atoms with Crippen molar-refractivity contribution in [2.24, 2.45) is 0 Å². The van der Waals surface area contributed by atoms with E-state index in [1.165, 1.54) is 0 Å². The van der Waals surface area contributed by atoms with Gasteiger partial charge in [-0.25, -0.2) is 0 Å². The highest BCUT2D eigenvalue weighted by Crippen LogP contribution is 2.43. The lowest BCUT2D eigenvalue weighted by Gasteiger charge is -2.40. The molecule has 130 valence electrons. The zero-order valence-corrected chi connectivity index (χ0v) is 12.2. The molecule has 2 heterocycles. The Morgan fingerprint density at radius 3 is 2.46 bits per heavy atom. The molecule has 0 amide bonds. The van der Waals surface area contributed by atoms with E-state index in [9.17, 15) is 35.4 Å². The first-order valence-electron chi connectivity index (χ1n) is 7.13. The number of ether oxygens (including phenoxy) is 1. The van der Waals surface area contributed by atoms with Crippen LogP contribution in [0.5, 0.6) is 11.5 Å². The Bertz CT molecular complexity index is 812. The highest BCUT2D eigenvalue weighted by atomic mass is 16.5. The van der Waals surface area contributed by atoms with E-state index in [1.54, 1.807) is 0 Å². The van der Waals surface area contributed by atoms with E-state index in [0.717, 1.165) is 18.4 Å². The first kappa shape index (κ1) is 16.7. The Kier molecular flexibility index (Phi) is 4.20. The molecular formula is C15H16O9. The number of phenols is 2. The molecular weight excluding hydrogens is 324 g/mol. The van der Waals surface area contributed by atoms with Crippen LogP contribution in [0.2, 0.25) is 0 Å². The van der Waals surface area contributed by atoms with Gasteiger partial charge in [0, 0.05) is 12.1 Å². The Morgan fingerprint density at radius 1 is 1.08 bits per heavy atom. The fourth-order valence-electron chi connectivity index (χ4n) is 2.85. The fraction of sp³-hybridized carbons (Fsp3) is 0.400. The molecule has 2 aromatic rings. The van der Waals surface area contributed by atoms with Gasteiger partial charge in [0.1, 0.15) is 53.0 Å². The number of hydrogen-bond donors (Lipinski definition) is 6. The van der Waals surface area contributed by atoms with Gasteiger partial charge in [-0.15, -0.1) is 0 Å². The van der Waals surface area contributed by atoms with Crippen LogP contribution in [0, 0.1) is 0 Å². The van der Waals surface area contributed by atoms with Gasteiger partial charge < -0.3 is 39.8 Å². The standard InChI is InChI=1S/C15H16O9/c16-4-8-11(19)13(21)14(22)15(24-8)10-6(18)3-7-9(12(10)20)5(17)1-2-23-7/h1-3,8,11,13-16,18-22H,4H2/t8-,11+,13+,14-,15-/m0/s1. The van der Waals surface area contributed by atoms with Crippen molar-refractivity contribution in [3.8, 4) is 11.5 Å². The van der Waals surface area contributed by atoms with Crippen molar-refractivity contribution >= 4 is 11.0 Å². The topological polar surface area (TPSA) is 161 Å². The second-order valence-corrected chi connectivity index (χ2v) is 5.57. The highest BCUT2D eigenvalue weighted by Gasteiger charge is 2.46. The monoisotopic (exact) mass is 340 g/mol. The number of aliphatic hydroxyl groups is 4. The maximum Gasteiger partial charge on any atom is 0.196 e. The van der Waals surface area contributed by atoms with Crippen molar-refractivity contribution in [3.63, 3.8) is 0 Å². The molecule has 0 unspecified atom stereocenters. The largest absolute Gasteiger partial charge is 0.507 e. The molecule has 0 bridgehead atoms. The maximum atomic E-state index is 11.9. The van der Waals surface area contributed by atoms with E-state index in [-0.39, 0.29) is 16.5 Å². The Balaban J connectivity index is 2.18. The van der Waals surface area contributed by atoms with Gasteiger partial charge in [0.15, 0.2) is 5.43 Å². The zero-order valence-electron chi connectivity index (χ0n) is 12.2. The summed E-state index contributed by atoms with van der Waals surface area (Å²) in [4.78, 5) is 11.9. The maximum absolute atomic E-state index is 11.9. The second kappa shape index (κ2) is 6.04. The van der Waals surface area contributed by atoms with Gasteiger partial charge in [-0.3, -0.25) is 4.79 Å². The molecule has 1 aromatic carbocycles. The van der Waals surface area contributed by atoms with Gasteiger partial charge >= 0.3 is 0 Å². The zero-order chi connectivity index (χ0) is 17.6. The second-order valence-electron chi connectivity index (χ2n) is 5.57. The number of rotatable bonds is 2. The lowest BCUT2D eigenvalue weighted by atomic mass is 9.89. The van der Waals surface area contributed by atoms with Crippen LogP contribution >= 0.6 is 0 Å². The molecule has 9 heteroatoms. The number of fused-ring (bicyclic) bond motifs is 1. The van der Waals surface area contributed by atoms with Crippen LogP contribution in [0.15, 0.2) is 27.6 Å². The van der Waals surface area contributed by atoms with E-state index < -0.39 is 54.1 Å². The molecule has 1 saturated heterocycles. The van der Waals surface area contributed by atoms with Gasteiger partial charge in [0.2, 0.25) is 0 Å². The van der Waals surface area contributed by atoms with E-state index >= 15 is 0 Å². The minimum absolute atomic E-state index is 0.0779. The molecule has 0 spiro atoms. The smallest absolute Gasteiger partial charge is 0.196 e. The van der Waals surface area contributed by atoms with Crippen molar-refractivity contribution in [1.82, 2.24) is 0 Å².